The van der Waals surface area contributed by atoms with Gasteiger partial charge in [-0.05, 0) is 44.2 Å². The van der Waals surface area contributed by atoms with Gasteiger partial charge in [0.15, 0.2) is 11.5 Å². The molecule has 1 aromatic carbocycles. The van der Waals surface area contributed by atoms with Gasteiger partial charge in [-0.15, -0.1) is 23.1 Å². The van der Waals surface area contributed by atoms with Crippen molar-refractivity contribution in [2.45, 2.75) is 25.3 Å². The minimum Gasteiger partial charge on any atom is -0.490 e. The maximum Gasteiger partial charge on any atom is 0.304 e. The quantitative estimate of drug-likeness (QED) is 0.441. The zero-order valence-electron chi connectivity index (χ0n) is 16.3. The number of thiazole rings is 1. The van der Waals surface area contributed by atoms with Crippen LogP contribution in [0.25, 0.3) is 22.0 Å². The lowest BCUT2D eigenvalue weighted by molar-refractivity contribution is -0.136. The van der Waals surface area contributed by atoms with Crippen molar-refractivity contribution in [3.63, 3.8) is 0 Å². The smallest absolute Gasteiger partial charge is 0.304 e. The van der Waals surface area contributed by atoms with E-state index in [-0.39, 0.29) is 6.42 Å². The Bertz CT molecular complexity index is 975. The summed E-state index contributed by atoms with van der Waals surface area (Å²) < 4.78 is 11.3. The fourth-order valence-corrected chi connectivity index (χ4v) is 4.22. The maximum absolute atomic E-state index is 10.7. The minimum absolute atomic E-state index is 0.108. The Morgan fingerprint density at radius 2 is 1.86 bits per heavy atom. The van der Waals surface area contributed by atoms with Gasteiger partial charge in [-0.25, -0.2) is 9.97 Å². The number of aromatic nitrogens is 2. The summed E-state index contributed by atoms with van der Waals surface area (Å²) in [6, 6.07) is 11.5. The predicted octanol–water partition coefficient (Wildman–Crippen LogP) is 5.24. The summed E-state index contributed by atoms with van der Waals surface area (Å²) in [5.74, 6) is 1.11. The summed E-state index contributed by atoms with van der Waals surface area (Å²) >= 11 is 2.97. The second-order valence-electron chi connectivity index (χ2n) is 5.92. The van der Waals surface area contributed by atoms with Crippen molar-refractivity contribution in [2.75, 3.05) is 19.0 Å². The number of benzene rings is 1. The molecule has 0 fully saturated rings. The fourth-order valence-electron chi connectivity index (χ4n) is 2.59. The largest absolute Gasteiger partial charge is 0.490 e. The molecular weight excluding hydrogens is 408 g/mol. The van der Waals surface area contributed by atoms with Crippen LogP contribution in [0.3, 0.4) is 0 Å². The van der Waals surface area contributed by atoms with Crippen molar-refractivity contribution in [2.24, 2.45) is 0 Å². The third-order valence-electron chi connectivity index (χ3n) is 3.85. The summed E-state index contributed by atoms with van der Waals surface area (Å²) in [4.78, 5) is 20.0. The minimum atomic E-state index is -0.806. The van der Waals surface area contributed by atoms with Crippen molar-refractivity contribution < 1.29 is 19.4 Å². The van der Waals surface area contributed by atoms with Crippen LogP contribution in [0.5, 0.6) is 11.5 Å². The Labute approximate surface area is 177 Å². The molecule has 152 valence electrons. The van der Waals surface area contributed by atoms with Gasteiger partial charge in [0.05, 0.1) is 30.4 Å². The Hall–Kier alpha value is -2.58. The molecule has 0 atom stereocenters. The molecule has 29 heavy (non-hydrogen) atoms. The van der Waals surface area contributed by atoms with Crippen LogP contribution in [0.4, 0.5) is 0 Å². The van der Waals surface area contributed by atoms with Crippen LogP contribution in [0, 0.1) is 0 Å². The number of carboxylic acids is 1. The van der Waals surface area contributed by atoms with Crippen molar-refractivity contribution >= 4 is 29.1 Å². The van der Waals surface area contributed by atoms with Crippen LogP contribution in [-0.2, 0) is 4.79 Å². The number of aliphatic carboxylic acids is 1. The lowest BCUT2D eigenvalue weighted by Gasteiger charge is -2.11. The summed E-state index contributed by atoms with van der Waals surface area (Å²) in [6.45, 7) is 5.02. The molecular formula is C21H22N2O4S2. The normalized spacial score (nSPS) is 10.7. The van der Waals surface area contributed by atoms with Gasteiger partial charge < -0.3 is 14.6 Å². The number of nitrogens with zero attached hydrogens (tertiary/aromatic N) is 2. The highest BCUT2D eigenvalue weighted by Crippen LogP contribution is 2.35. The first-order valence-electron chi connectivity index (χ1n) is 9.28. The molecule has 0 bridgehead atoms. The molecule has 0 unspecified atom stereocenters. The summed E-state index contributed by atoms with van der Waals surface area (Å²) in [7, 11) is 0. The SMILES string of the molecule is CCOc1ccc(-c2nc(-c3cccc(SCCC(=O)O)n3)cs2)cc1OCC. The molecule has 2 heterocycles. The molecule has 1 N–H and O–H groups in total. The average molecular weight is 431 g/mol. The van der Waals surface area contributed by atoms with E-state index in [4.69, 9.17) is 19.6 Å². The molecule has 8 heteroatoms. The van der Waals surface area contributed by atoms with E-state index in [9.17, 15) is 4.79 Å². The molecule has 3 aromatic rings. The molecule has 0 saturated carbocycles. The van der Waals surface area contributed by atoms with Gasteiger partial charge in [0.25, 0.3) is 0 Å². The first kappa shape index (κ1) is 21.1. The van der Waals surface area contributed by atoms with Crippen LogP contribution in [0.1, 0.15) is 20.3 Å². The highest BCUT2D eigenvalue weighted by Gasteiger charge is 2.12. The number of carboxylic acid groups (broad SMARTS) is 1. The highest BCUT2D eigenvalue weighted by molar-refractivity contribution is 7.99. The molecule has 0 radical (unpaired) electrons. The van der Waals surface area contributed by atoms with Crippen LogP contribution in [-0.4, -0.2) is 40.0 Å². The van der Waals surface area contributed by atoms with Crippen molar-refractivity contribution in [1.82, 2.24) is 9.97 Å². The second kappa shape index (κ2) is 10.3. The molecule has 0 aliphatic rings. The Morgan fingerprint density at radius 1 is 1.07 bits per heavy atom. The van der Waals surface area contributed by atoms with Gasteiger partial charge in [0.1, 0.15) is 10.7 Å². The highest BCUT2D eigenvalue weighted by atomic mass is 32.2. The first-order valence-corrected chi connectivity index (χ1v) is 11.1. The van der Waals surface area contributed by atoms with E-state index < -0.39 is 5.97 Å². The van der Waals surface area contributed by atoms with E-state index in [2.05, 4.69) is 4.98 Å². The van der Waals surface area contributed by atoms with Gasteiger partial charge >= 0.3 is 5.97 Å². The first-order chi connectivity index (χ1) is 14.1. The zero-order chi connectivity index (χ0) is 20.6. The standard InChI is InChI=1S/C21H22N2O4S2/c1-3-26-17-9-8-14(12-18(17)27-4-2)21-23-16(13-29-21)15-6-5-7-19(22-15)28-11-10-20(24)25/h5-9,12-13H,3-4,10-11H2,1-2H3,(H,24,25). The second-order valence-corrected chi connectivity index (χ2v) is 7.89. The van der Waals surface area contributed by atoms with E-state index in [1.807, 2.05) is 55.6 Å². The van der Waals surface area contributed by atoms with Crippen molar-refractivity contribution in [1.29, 1.82) is 0 Å². The van der Waals surface area contributed by atoms with E-state index in [0.717, 1.165) is 32.7 Å². The van der Waals surface area contributed by atoms with Gasteiger partial charge in [0.2, 0.25) is 0 Å². The summed E-state index contributed by atoms with van der Waals surface area (Å²) in [5, 5.41) is 12.4. The molecule has 3 rings (SSSR count). The number of thioether (sulfide) groups is 1. The average Bonchev–Trinajstić information content (AvgIpc) is 3.20. The number of rotatable bonds is 10. The number of pyridine rings is 1. The summed E-state index contributed by atoms with van der Waals surface area (Å²) in [5.41, 5.74) is 2.52. The van der Waals surface area contributed by atoms with Crippen LogP contribution in [0.2, 0.25) is 0 Å². The third-order valence-corrected chi connectivity index (χ3v) is 5.67. The molecule has 0 spiro atoms. The number of carbonyl (C=O) groups is 1. The fraction of sp³-hybridized carbons (Fsp3) is 0.286. The lowest BCUT2D eigenvalue weighted by Crippen LogP contribution is -1.98. The summed E-state index contributed by atoms with van der Waals surface area (Å²) in [6.07, 6.45) is 0.108. The van der Waals surface area contributed by atoms with Gasteiger partial charge in [-0.3, -0.25) is 4.79 Å². The monoisotopic (exact) mass is 430 g/mol. The Kier molecular flexibility index (Phi) is 7.48. The van der Waals surface area contributed by atoms with Gasteiger partial charge in [-0.1, -0.05) is 6.07 Å². The van der Waals surface area contributed by atoms with Crippen molar-refractivity contribution in [3.05, 3.63) is 41.8 Å². The molecule has 2 aromatic heterocycles. The topological polar surface area (TPSA) is 81.5 Å². The van der Waals surface area contributed by atoms with Gasteiger partial charge in [0, 0.05) is 16.7 Å². The molecule has 0 aliphatic carbocycles. The number of hydrogen-bond acceptors (Lipinski definition) is 7. The Morgan fingerprint density at radius 3 is 2.62 bits per heavy atom. The van der Waals surface area contributed by atoms with Crippen LogP contribution in [0.15, 0.2) is 46.8 Å². The maximum atomic E-state index is 10.7. The van der Waals surface area contributed by atoms with Crippen LogP contribution < -0.4 is 9.47 Å². The van der Waals surface area contributed by atoms with E-state index in [1.54, 1.807) is 0 Å². The molecule has 6 nitrogen and oxygen atoms in total. The van der Waals surface area contributed by atoms with E-state index in [1.165, 1.54) is 23.1 Å². The lowest BCUT2D eigenvalue weighted by atomic mass is 10.2. The van der Waals surface area contributed by atoms with E-state index in [0.29, 0.717) is 24.7 Å². The zero-order valence-corrected chi connectivity index (χ0v) is 17.9. The Balaban J connectivity index is 1.80. The third kappa shape index (κ3) is 5.71. The predicted molar refractivity (Wildman–Crippen MR) is 116 cm³/mol. The van der Waals surface area contributed by atoms with Crippen LogP contribution >= 0.6 is 23.1 Å². The van der Waals surface area contributed by atoms with E-state index >= 15 is 0 Å². The number of ether oxygens (including phenoxy) is 2. The molecule has 0 aliphatic heterocycles. The molecule has 0 saturated heterocycles. The van der Waals surface area contributed by atoms with Crippen molar-refractivity contribution in [3.8, 4) is 33.5 Å². The van der Waals surface area contributed by atoms with Gasteiger partial charge in [-0.2, -0.15) is 0 Å². The number of hydrogen-bond donors (Lipinski definition) is 1. The molecule has 0 amide bonds.